The number of benzene rings is 1. The van der Waals surface area contributed by atoms with Gasteiger partial charge in [0.25, 0.3) is 0 Å². The van der Waals surface area contributed by atoms with Crippen LogP contribution in [-0.4, -0.2) is 27.4 Å². The largest absolute Gasteiger partial charge is 0.393 e. The van der Waals surface area contributed by atoms with Crippen molar-refractivity contribution >= 4 is 10.8 Å². The summed E-state index contributed by atoms with van der Waals surface area (Å²) in [6.07, 6.45) is 19.4. The minimum absolute atomic E-state index is 0.107. The second-order valence-electron chi connectivity index (χ2n) is 10.7. The summed E-state index contributed by atoms with van der Waals surface area (Å²) in [5, 5.41) is 12.9. The minimum atomic E-state index is -0.207. The number of pyridine rings is 1. The first-order chi connectivity index (χ1) is 15.6. The second kappa shape index (κ2) is 7.81. The normalized spacial score (nSPS) is 34.4. The van der Waals surface area contributed by atoms with Gasteiger partial charge in [0.05, 0.1) is 17.3 Å². The number of fused-ring (bicyclic) bond motifs is 1. The first-order valence-corrected chi connectivity index (χ1v) is 12.8. The number of aliphatic hydroxyl groups is 1. The van der Waals surface area contributed by atoms with E-state index in [4.69, 9.17) is 4.74 Å². The van der Waals surface area contributed by atoms with Crippen molar-refractivity contribution in [2.45, 2.75) is 94.4 Å². The van der Waals surface area contributed by atoms with Crippen molar-refractivity contribution < 1.29 is 9.84 Å². The van der Waals surface area contributed by atoms with E-state index in [0.717, 1.165) is 38.5 Å². The van der Waals surface area contributed by atoms with Crippen LogP contribution in [0.25, 0.3) is 10.8 Å². The number of hydrogen-bond donors (Lipinski definition) is 1. The highest BCUT2D eigenvalue weighted by atomic mass is 16.5. The van der Waals surface area contributed by atoms with Crippen molar-refractivity contribution in [3.8, 4) is 0 Å². The van der Waals surface area contributed by atoms with Gasteiger partial charge in [-0.15, -0.1) is 0 Å². The third-order valence-corrected chi connectivity index (χ3v) is 9.02. The fraction of sp³-hybridized carbons (Fsp3) is 0.552. The summed E-state index contributed by atoms with van der Waals surface area (Å²) in [7, 11) is 0. The summed E-state index contributed by atoms with van der Waals surface area (Å²) in [4.78, 5) is 4.32. The van der Waals surface area contributed by atoms with Crippen LogP contribution in [0.15, 0.2) is 60.0 Å². The molecular formula is C29H35NO2. The van der Waals surface area contributed by atoms with E-state index in [9.17, 15) is 5.11 Å². The maximum absolute atomic E-state index is 10.4. The van der Waals surface area contributed by atoms with Gasteiger partial charge in [0, 0.05) is 24.2 Å². The zero-order valence-corrected chi connectivity index (χ0v) is 19.2. The minimum Gasteiger partial charge on any atom is -0.393 e. The molecule has 3 heteroatoms. The molecule has 2 spiro atoms. The Hall–Kier alpha value is -1.97. The lowest BCUT2D eigenvalue weighted by Gasteiger charge is -2.50. The molecular weight excluding hydrogens is 394 g/mol. The van der Waals surface area contributed by atoms with Gasteiger partial charge < -0.3 is 9.84 Å². The van der Waals surface area contributed by atoms with Crippen LogP contribution in [0.2, 0.25) is 0 Å². The monoisotopic (exact) mass is 429 g/mol. The summed E-state index contributed by atoms with van der Waals surface area (Å²) < 4.78 is 7.09. The van der Waals surface area contributed by atoms with Crippen LogP contribution in [-0.2, 0) is 4.74 Å². The standard InChI is InChI=1S/C29H35NO2/c1-2-20(22-7-6-21-12-15-30-19-23(21)16-22)8-9-24-4-3-5-26-17-25-10-11-27(31)18-28(25)13-14-29(24,26)32-28/h5-7,12,15-17,19-20,24,27,31H,2-4,8-11,13-14,18H2,1H3/t20-,24+,27-,28-,29+/m1/s1. The molecule has 3 heterocycles. The zero-order valence-electron chi connectivity index (χ0n) is 19.2. The number of aliphatic hydroxyl groups excluding tert-OH is 1. The Morgan fingerprint density at radius 1 is 1.19 bits per heavy atom. The Bertz CT molecular complexity index is 1090. The van der Waals surface area contributed by atoms with Crippen molar-refractivity contribution in [2.24, 2.45) is 5.92 Å². The lowest BCUT2D eigenvalue weighted by atomic mass is 9.69. The Morgan fingerprint density at radius 3 is 3.03 bits per heavy atom. The highest BCUT2D eigenvalue weighted by Crippen LogP contribution is 2.60. The van der Waals surface area contributed by atoms with Gasteiger partial charge in [-0.25, -0.2) is 0 Å². The van der Waals surface area contributed by atoms with Crippen LogP contribution in [0.3, 0.4) is 0 Å². The topological polar surface area (TPSA) is 42.4 Å². The number of hydrogen-bond acceptors (Lipinski definition) is 3. The number of allylic oxidation sites excluding steroid dienone is 1. The van der Waals surface area contributed by atoms with Crippen molar-refractivity contribution in [2.75, 3.05) is 0 Å². The zero-order chi connectivity index (χ0) is 21.8. The summed E-state index contributed by atoms with van der Waals surface area (Å²) in [6.45, 7) is 2.32. The number of rotatable bonds is 5. The van der Waals surface area contributed by atoms with Gasteiger partial charge in [0.2, 0.25) is 0 Å². The van der Waals surface area contributed by atoms with Gasteiger partial charge in [-0.2, -0.15) is 0 Å². The van der Waals surface area contributed by atoms with E-state index in [-0.39, 0.29) is 17.3 Å². The molecule has 4 aliphatic rings. The van der Waals surface area contributed by atoms with Gasteiger partial charge >= 0.3 is 0 Å². The molecule has 168 valence electrons. The first kappa shape index (κ1) is 20.6. The van der Waals surface area contributed by atoms with E-state index in [0.29, 0.717) is 11.8 Å². The quantitative estimate of drug-likeness (QED) is 0.581. The maximum atomic E-state index is 10.4. The SMILES string of the molecule is CC[C@H](CC[C@@H]1CCC=C2C=C3CC[C@@H](O)C[C@]34CC[C@@]21O4)c1ccc2ccncc2c1. The summed E-state index contributed by atoms with van der Waals surface area (Å²) in [6, 6.07) is 9.01. The molecule has 1 aromatic heterocycles. The fourth-order valence-electron chi connectivity index (χ4n) is 7.26. The van der Waals surface area contributed by atoms with Crippen LogP contribution >= 0.6 is 0 Å². The van der Waals surface area contributed by atoms with Crippen LogP contribution in [0.4, 0.5) is 0 Å². The maximum Gasteiger partial charge on any atom is 0.0969 e. The summed E-state index contributed by atoms with van der Waals surface area (Å²) in [5.41, 5.74) is 4.07. The molecule has 3 nitrogen and oxygen atoms in total. The Labute approximate surface area is 191 Å². The highest BCUT2D eigenvalue weighted by Gasteiger charge is 2.60. The molecule has 0 unspecified atom stereocenters. The van der Waals surface area contributed by atoms with E-state index in [1.165, 1.54) is 53.2 Å². The molecule has 1 saturated carbocycles. The summed E-state index contributed by atoms with van der Waals surface area (Å²) in [5.74, 6) is 1.15. The van der Waals surface area contributed by atoms with Gasteiger partial charge in [0.1, 0.15) is 0 Å². The predicted octanol–water partition coefficient (Wildman–Crippen LogP) is 6.62. The van der Waals surface area contributed by atoms with Crippen LogP contribution in [0.5, 0.6) is 0 Å². The number of nitrogens with zero attached hydrogens (tertiary/aromatic N) is 1. The third kappa shape index (κ3) is 3.20. The molecule has 0 radical (unpaired) electrons. The average molecular weight is 430 g/mol. The number of aromatic nitrogens is 1. The van der Waals surface area contributed by atoms with E-state index in [1.54, 1.807) is 0 Å². The van der Waals surface area contributed by atoms with Gasteiger partial charge in [-0.1, -0.05) is 31.2 Å². The van der Waals surface area contributed by atoms with Crippen molar-refractivity contribution in [3.05, 3.63) is 65.5 Å². The predicted molar refractivity (Wildman–Crippen MR) is 129 cm³/mol. The lowest BCUT2D eigenvalue weighted by molar-refractivity contribution is -0.128. The highest BCUT2D eigenvalue weighted by molar-refractivity contribution is 5.82. The van der Waals surface area contributed by atoms with Crippen LogP contribution in [0, 0.1) is 5.92 Å². The third-order valence-electron chi connectivity index (χ3n) is 9.02. The molecule has 1 saturated heterocycles. The summed E-state index contributed by atoms with van der Waals surface area (Å²) >= 11 is 0. The first-order valence-electron chi connectivity index (χ1n) is 12.8. The molecule has 32 heavy (non-hydrogen) atoms. The molecule has 1 aromatic carbocycles. The Balaban J connectivity index is 1.24. The molecule has 0 amide bonds. The van der Waals surface area contributed by atoms with Crippen molar-refractivity contribution in [1.82, 2.24) is 4.98 Å². The molecule has 2 aliphatic carbocycles. The Kier molecular flexibility index (Phi) is 5.04. The van der Waals surface area contributed by atoms with E-state index in [2.05, 4.69) is 48.3 Å². The van der Waals surface area contributed by atoms with Crippen molar-refractivity contribution in [1.29, 1.82) is 0 Å². The molecule has 6 rings (SSSR count). The van der Waals surface area contributed by atoms with Gasteiger partial charge in [0.15, 0.2) is 0 Å². The van der Waals surface area contributed by atoms with Crippen LogP contribution in [0.1, 0.15) is 82.6 Å². The van der Waals surface area contributed by atoms with Crippen molar-refractivity contribution in [3.63, 3.8) is 0 Å². The molecule has 2 bridgehead atoms. The van der Waals surface area contributed by atoms with E-state index in [1.807, 2.05) is 12.4 Å². The molecule has 5 atom stereocenters. The smallest absolute Gasteiger partial charge is 0.0969 e. The molecule has 2 aliphatic heterocycles. The molecule has 1 N–H and O–H groups in total. The van der Waals surface area contributed by atoms with E-state index < -0.39 is 0 Å². The number of ether oxygens (including phenoxy) is 1. The molecule has 2 fully saturated rings. The van der Waals surface area contributed by atoms with E-state index >= 15 is 0 Å². The molecule has 2 aromatic rings. The second-order valence-corrected chi connectivity index (χ2v) is 10.7. The lowest BCUT2D eigenvalue weighted by Crippen LogP contribution is -2.50. The van der Waals surface area contributed by atoms with Crippen LogP contribution < -0.4 is 0 Å². The Morgan fingerprint density at radius 2 is 2.12 bits per heavy atom. The average Bonchev–Trinajstić information content (AvgIpc) is 3.12. The van der Waals surface area contributed by atoms with Gasteiger partial charge in [-0.05, 0) is 104 Å². The van der Waals surface area contributed by atoms with Gasteiger partial charge in [-0.3, -0.25) is 4.98 Å². The fourth-order valence-corrected chi connectivity index (χ4v) is 7.26.